The molecule has 3 aromatic rings. The third-order valence-electron chi connectivity index (χ3n) is 3.84. The van der Waals surface area contributed by atoms with Gasteiger partial charge in [-0.05, 0) is 30.3 Å². The number of hydrogen-bond donors (Lipinski definition) is 2. The highest BCUT2D eigenvalue weighted by molar-refractivity contribution is 6.04. The van der Waals surface area contributed by atoms with E-state index in [9.17, 15) is 4.79 Å². The first-order valence-electron chi connectivity index (χ1n) is 8.32. The van der Waals surface area contributed by atoms with Gasteiger partial charge >= 0.3 is 0 Å². The summed E-state index contributed by atoms with van der Waals surface area (Å²) in [6.07, 6.45) is 4.92. The molecule has 0 spiro atoms. The average Bonchev–Trinajstić information content (AvgIpc) is 2.73. The second-order valence-corrected chi connectivity index (χ2v) is 5.66. The van der Waals surface area contributed by atoms with E-state index in [1.54, 1.807) is 50.9 Å². The first-order valence-corrected chi connectivity index (χ1v) is 8.32. The number of hydrogen-bond acceptors (Lipinski definition) is 6. The molecule has 0 fully saturated rings. The van der Waals surface area contributed by atoms with Gasteiger partial charge < -0.3 is 20.1 Å². The summed E-state index contributed by atoms with van der Waals surface area (Å²) in [6.45, 7) is 0.545. The van der Waals surface area contributed by atoms with Gasteiger partial charge in [0.15, 0.2) is 11.5 Å². The molecule has 1 aromatic carbocycles. The molecule has 3 rings (SSSR count). The lowest BCUT2D eigenvalue weighted by Gasteiger charge is -2.11. The Kier molecular flexibility index (Phi) is 5.84. The molecule has 138 valence electrons. The van der Waals surface area contributed by atoms with Gasteiger partial charge in [0.25, 0.3) is 5.91 Å². The normalized spacial score (nSPS) is 10.1. The van der Waals surface area contributed by atoms with Crippen LogP contribution in [-0.2, 0) is 6.54 Å². The van der Waals surface area contributed by atoms with Gasteiger partial charge in [0.05, 0.1) is 37.7 Å². The maximum Gasteiger partial charge on any atom is 0.257 e. The van der Waals surface area contributed by atoms with Crippen LogP contribution in [0.15, 0.2) is 61.1 Å². The van der Waals surface area contributed by atoms with Crippen LogP contribution in [0.1, 0.15) is 16.1 Å². The zero-order valence-electron chi connectivity index (χ0n) is 15.1. The largest absolute Gasteiger partial charge is 0.493 e. The van der Waals surface area contributed by atoms with E-state index >= 15 is 0 Å². The second kappa shape index (κ2) is 8.66. The Morgan fingerprint density at radius 2 is 1.85 bits per heavy atom. The number of carbonyl (C=O) groups is 1. The summed E-state index contributed by atoms with van der Waals surface area (Å²) in [4.78, 5) is 20.9. The average molecular weight is 364 g/mol. The molecular weight excluding hydrogens is 344 g/mol. The second-order valence-electron chi connectivity index (χ2n) is 5.66. The molecule has 27 heavy (non-hydrogen) atoms. The van der Waals surface area contributed by atoms with Gasteiger partial charge in [-0.2, -0.15) is 0 Å². The third-order valence-corrected chi connectivity index (χ3v) is 3.84. The van der Waals surface area contributed by atoms with Crippen LogP contribution in [0.4, 0.5) is 11.4 Å². The molecular formula is C20H20N4O3. The molecule has 2 N–H and O–H groups in total. The van der Waals surface area contributed by atoms with E-state index in [1.807, 2.05) is 18.2 Å². The van der Waals surface area contributed by atoms with Gasteiger partial charge in [0, 0.05) is 30.3 Å². The number of rotatable bonds is 7. The number of methoxy groups -OCH3 is 2. The van der Waals surface area contributed by atoms with E-state index in [-0.39, 0.29) is 5.91 Å². The Morgan fingerprint density at radius 3 is 2.59 bits per heavy atom. The lowest BCUT2D eigenvalue weighted by atomic mass is 10.2. The van der Waals surface area contributed by atoms with Crippen molar-refractivity contribution in [3.8, 4) is 11.5 Å². The predicted octanol–water partition coefficient (Wildman–Crippen LogP) is 3.36. The van der Waals surface area contributed by atoms with Crippen molar-refractivity contribution in [2.45, 2.75) is 6.54 Å². The quantitative estimate of drug-likeness (QED) is 0.669. The number of anilines is 2. The fraction of sp³-hybridized carbons (Fsp3) is 0.150. The summed E-state index contributed by atoms with van der Waals surface area (Å²) in [5.74, 6) is 0.869. The van der Waals surface area contributed by atoms with Crippen molar-refractivity contribution in [3.05, 3.63) is 72.3 Å². The Bertz CT molecular complexity index is 916. The topological polar surface area (TPSA) is 85.4 Å². The van der Waals surface area contributed by atoms with E-state index in [1.165, 1.54) is 6.20 Å². The van der Waals surface area contributed by atoms with Crippen molar-refractivity contribution < 1.29 is 14.3 Å². The Hall–Kier alpha value is -3.61. The van der Waals surface area contributed by atoms with Crippen LogP contribution in [0.3, 0.4) is 0 Å². The molecule has 7 nitrogen and oxygen atoms in total. The number of ether oxygens (including phenoxy) is 2. The number of nitrogens with one attached hydrogen (secondary N) is 2. The molecule has 0 radical (unpaired) electrons. The van der Waals surface area contributed by atoms with E-state index < -0.39 is 0 Å². The van der Waals surface area contributed by atoms with Crippen LogP contribution in [0.25, 0.3) is 0 Å². The molecule has 1 amide bonds. The molecule has 0 bridgehead atoms. The van der Waals surface area contributed by atoms with E-state index in [4.69, 9.17) is 9.47 Å². The summed E-state index contributed by atoms with van der Waals surface area (Å²) in [5, 5.41) is 6.04. The number of nitrogens with zero attached hydrogens (tertiary/aromatic N) is 2. The number of amides is 1. The number of carbonyl (C=O) groups excluding carboxylic acids is 1. The van der Waals surface area contributed by atoms with E-state index in [2.05, 4.69) is 20.6 Å². The van der Waals surface area contributed by atoms with E-state index in [0.29, 0.717) is 29.3 Å². The molecule has 0 atom stereocenters. The first-order chi connectivity index (χ1) is 13.2. The minimum absolute atomic E-state index is 0.267. The van der Waals surface area contributed by atoms with Crippen molar-refractivity contribution in [2.75, 3.05) is 24.9 Å². The maximum absolute atomic E-state index is 12.5. The molecule has 0 aliphatic heterocycles. The van der Waals surface area contributed by atoms with Gasteiger partial charge in [-0.25, -0.2) is 0 Å². The Labute approximate surface area is 157 Å². The lowest BCUT2D eigenvalue weighted by Crippen LogP contribution is -2.13. The van der Waals surface area contributed by atoms with Gasteiger partial charge in [-0.3, -0.25) is 14.8 Å². The monoisotopic (exact) mass is 364 g/mol. The third kappa shape index (κ3) is 4.72. The highest BCUT2D eigenvalue weighted by Gasteiger charge is 2.10. The van der Waals surface area contributed by atoms with Crippen molar-refractivity contribution in [1.29, 1.82) is 0 Å². The molecule has 7 heteroatoms. The number of aromatic nitrogens is 2. The number of pyridine rings is 2. The lowest BCUT2D eigenvalue weighted by molar-refractivity contribution is 0.102. The van der Waals surface area contributed by atoms with Crippen LogP contribution < -0.4 is 20.1 Å². The molecule has 2 aromatic heterocycles. The van der Waals surface area contributed by atoms with Crippen LogP contribution in [0, 0.1) is 0 Å². The highest BCUT2D eigenvalue weighted by Crippen LogP contribution is 2.29. The summed E-state index contributed by atoms with van der Waals surface area (Å²) < 4.78 is 10.5. The number of benzene rings is 1. The SMILES string of the molecule is COc1ccc(NC(=O)c2cncc(NCc3ccccn3)c2)cc1OC. The smallest absolute Gasteiger partial charge is 0.257 e. The van der Waals surface area contributed by atoms with Crippen LogP contribution in [0.2, 0.25) is 0 Å². The Balaban J connectivity index is 1.68. The van der Waals surface area contributed by atoms with Crippen LogP contribution in [-0.4, -0.2) is 30.1 Å². The zero-order chi connectivity index (χ0) is 19.1. The molecule has 0 saturated carbocycles. The molecule has 0 unspecified atom stereocenters. The van der Waals surface area contributed by atoms with Crippen molar-refractivity contribution in [2.24, 2.45) is 0 Å². The van der Waals surface area contributed by atoms with Gasteiger partial charge in [0.2, 0.25) is 0 Å². The minimum Gasteiger partial charge on any atom is -0.493 e. The molecule has 0 aliphatic carbocycles. The standard InChI is InChI=1S/C20H20N4O3/c1-26-18-7-6-15(10-19(18)27-2)24-20(25)14-9-17(12-21-11-14)23-13-16-5-3-4-8-22-16/h3-12,23H,13H2,1-2H3,(H,24,25). The van der Waals surface area contributed by atoms with Gasteiger partial charge in [-0.1, -0.05) is 6.07 Å². The summed E-state index contributed by atoms with van der Waals surface area (Å²) >= 11 is 0. The predicted molar refractivity (Wildman–Crippen MR) is 103 cm³/mol. The highest BCUT2D eigenvalue weighted by atomic mass is 16.5. The Morgan fingerprint density at radius 1 is 1.00 bits per heavy atom. The van der Waals surface area contributed by atoms with Crippen molar-refractivity contribution >= 4 is 17.3 Å². The van der Waals surface area contributed by atoms with Crippen molar-refractivity contribution in [3.63, 3.8) is 0 Å². The summed E-state index contributed by atoms with van der Waals surface area (Å²) in [5.41, 5.74) is 2.68. The van der Waals surface area contributed by atoms with Gasteiger partial charge in [0.1, 0.15) is 0 Å². The first kappa shape index (κ1) is 18.2. The molecule has 0 saturated heterocycles. The molecule has 0 aliphatic rings. The molecule has 2 heterocycles. The summed E-state index contributed by atoms with van der Waals surface area (Å²) in [7, 11) is 3.11. The maximum atomic E-state index is 12.5. The minimum atomic E-state index is -0.267. The van der Waals surface area contributed by atoms with E-state index in [0.717, 1.165) is 11.4 Å². The van der Waals surface area contributed by atoms with Crippen molar-refractivity contribution in [1.82, 2.24) is 9.97 Å². The van der Waals surface area contributed by atoms with Gasteiger partial charge in [-0.15, -0.1) is 0 Å². The fourth-order valence-electron chi connectivity index (χ4n) is 2.47. The van der Waals surface area contributed by atoms with Crippen LogP contribution >= 0.6 is 0 Å². The fourth-order valence-corrected chi connectivity index (χ4v) is 2.47. The van der Waals surface area contributed by atoms with Crippen LogP contribution in [0.5, 0.6) is 11.5 Å². The summed E-state index contributed by atoms with van der Waals surface area (Å²) in [6, 6.07) is 12.6. The zero-order valence-corrected chi connectivity index (χ0v) is 15.1.